The highest BCUT2D eigenvalue weighted by Crippen LogP contribution is 2.41. The van der Waals surface area contributed by atoms with Crippen molar-refractivity contribution in [2.45, 2.75) is 26.4 Å². The standard InChI is InChI=1S/C11H20NO6P/c1-11(2,3)18-10(14)12-5-8(6-12)9(13)7-19(15,16)17-4/h8H,5-7H2,1-4H3,(H,15,16). The van der Waals surface area contributed by atoms with Crippen molar-refractivity contribution in [2.75, 3.05) is 26.4 Å². The second-order valence-corrected chi connectivity index (χ2v) is 7.48. The number of likely N-dealkylation sites (tertiary alicyclic amines) is 1. The van der Waals surface area contributed by atoms with E-state index in [1.807, 2.05) is 0 Å². The van der Waals surface area contributed by atoms with E-state index in [2.05, 4.69) is 4.52 Å². The second kappa shape index (κ2) is 5.61. The van der Waals surface area contributed by atoms with Gasteiger partial charge >= 0.3 is 13.7 Å². The van der Waals surface area contributed by atoms with Gasteiger partial charge in [-0.2, -0.15) is 0 Å². The lowest BCUT2D eigenvalue weighted by atomic mass is 9.97. The molecule has 0 aromatic rings. The van der Waals surface area contributed by atoms with Crippen LogP contribution in [0, 0.1) is 5.92 Å². The molecule has 1 heterocycles. The van der Waals surface area contributed by atoms with E-state index in [0.717, 1.165) is 7.11 Å². The minimum Gasteiger partial charge on any atom is -0.444 e. The number of carbonyl (C=O) groups is 2. The summed E-state index contributed by atoms with van der Waals surface area (Å²) < 4.78 is 20.7. The van der Waals surface area contributed by atoms with Crippen LogP contribution in [-0.2, 0) is 18.6 Å². The van der Waals surface area contributed by atoms with Crippen LogP contribution in [0.2, 0.25) is 0 Å². The summed E-state index contributed by atoms with van der Waals surface area (Å²) in [4.78, 5) is 33.9. The average Bonchev–Trinajstić information content (AvgIpc) is 2.11. The lowest BCUT2D eigenvalue weighted by Crippen LogP contribution is -2.54. The predicted molar refractivity (Wildman–Crippen MR) is 68.0 cm³/mol. The molecule has 0 aliphatic carbocycles. The molecule has 1 saturated heterocycles. The Labute approximate surface area is 112 Å². The molecule has 0 radical (unpaired) electrons. The largest absolute Gasteiger partial charge is 0.444 e. The Hall–Kier alpha value is -0.910. The number of nitrogens with zero attached hydrogens (tertiary/aromatic N) is 1. The van der Waals surface area contributed by atoms with Crippen molar-refractivity contribution in [2.24, 2.45) is 5.92 Å². The monoisotopic (exact) mass is 293 g/mol. The number of hydrogen-bond donors (Lipinski definition) is 1. The number of rotatable bonds is 4. The van der Waals surface area contributed by atoms with E-state index in [4.69, 9.17) is 4.74 Å². The molecule has 19 heavy (non-hydrogen) atoms. The molecule has 1 aliphatic rings. The van der Waals surface area contributed by atoms with Crippen molar-refractivity contribution in [3.05, 3.63) is 0 Å². The highest BCUT2D eigenvalue weighted by atomic mass is 31.2. The Morgan fingerprint density at radius 1 is 1.37 bits per heavy atom. The maximum Gasteiger partial charge on any atom is 0.410 e. The van der Waals surface area contributed by atoms with Gasteiger partial charge < -0.3 is 19.1 Å². The van der Waals surface area contributed by atoms with Gasteiger partial charge in [0.15, 0.2) is 5.78 Å². The SMILES string of the molecule is COP(=O)(O)CC(=O)C1CN(C(=O)OC(C)(C)C)C1. The summed E-state index contributed by atoms with van der Waals surface area (Å²) in [5.74, 6) is -0.782. The zero-order valence-electron chi connectivity index (χ0n) is 11.6. The zero-order valence-corrected chi connectivity index (χ0v) is 12.5. The van der Waals surface area contributed by atoms with Crippen LogP contribution in [0.25, 0.3) is 0 Å². The lowest BCUT2D eigenvalue weighted by molar-refractivity contribution is -0.125. The molecule has 1 unspecified atom stereocenters. The fourth-order valence-corrected chi connectivity index (χ4v) is 2.33. The summed E-state index contributed by atoms with van der Waals surface area (Å²) in [7, 11) is -2.74. The molecule has 1 aliphatic heterocycles. The summed E-state index contributed by atoms with van der Waals surface area (Å²) in [5, 5.41) is 0. The minimum atomic E-state index is -3.82. The summed E-state index contributed by atoms with van der Waals surface area (Å²) >= 11 is 0. The van der Waals surface area contributed by atoms with E-state index in [1.165, 1.54) is 4.90 Å². The van der Waals surface area contributed by atoms with Crippen LogP contribution in [0.4, 0.5) is 4.79 Å². The third kappa shape index (κ3) is 4.93. The molecule has 7 nitrogen and oxygen atoms in total. The van der Waals surface area contributed by atoms with Crippen LogP contribution in [0.15, 0.2) is 0 Å². The highest BCUT2D eigenvalue weighted by Gasteiger charge is 2.39. The molecule has 1 N–H and O–H groups in total. The molecule has 0 bridgehead atoms. The van der Waals surface area contributed by atoms with Crippen LogP contribution < -0.4 is 0 Å². The van der Waals surface area contributed by atoms with Crippen molar-refractivity contribution >= 4 is 19.5 Å². The van der Waals surface area contributed by atoms with Crippen LogP contribution >= 0.6 is 7.60 Å². The molecular weight excluding hydrogens is 273 g/mol. The Morgan fingerprint density at radius 3 is 2.32 bits per heavy atom. The Balaban J connectivity index is 2.40. The van der Waals surface area contributed by atoms with Gasteiger partial charge in [-0.1, -0.05) is 0 Å². The Kier molecular flexibility index (Phi) is 4.76. The summed E-state index contributed by atoms with van der Waals surface area (Å²) in [6.45, 7) is 5.71. The molecule has 0 aromatic carbocycles. The first-order valence-electron chi connectivity index (χ1n) is 5.92. The number of carbonyl (C=O) groups excluding carboxylic acids is 2. The van der Waals surface area contributed by atoms with E-state index in [-0.39, 0.29) is 18.9 Å². The maximum atomic E-state index is 11.7. The molecule has 1 fully saturated rings. The first-order valence-corrected chi connectivity index (χ1v) is 7.68. The van der Waals surface area contributed by atoms with E-state index in [0.29, 0.717) is 0 Å². The van der Waals surface area contributed by atoms with Gasteiger partial charge in [0, 0.05) is 20.2 Å². The third-order valence-electron chi connectivity index (χ3n) is 2.63. The number of ketones is 1. The number of Topliss-reactive ketones (excluding diaryl/α,β-unsaturated/α-hetero) is 1. The highest BCUT2D eigenvalue weighted by molar-refractivity contribution is 7.53. The Bertz CT molecular complexity index is 410. The molecule has 110 valence electrons. The number of hydrogen-bond acceptors (Lipinski definition) is 5. The van der Waals surface area contributed by atoms with Gasteiger partial charge in [0.2, 0.25) is 0 Å². The molecule has 8 heteroatoms. The summed E-state index contributed by atoms with van der Waals surface area (Å²) in [6.07, 6.45) is -0.994. The van der Waals surface area contributed by atoms with Crippen LogP contribution in [0.5, 0.6) is 0 Å². The van der Waals surface area contributed by atoms with Gasteiger partial charge in [0.1, 0.15) is 11.8 Å². The predicted octanol–water partition coefficient (Wildman–Crippen LogP) is 1.25. The quantitative estimate of drug-likeness (QED) is 0.784. The molecular formula is C11H20NO6P. The fraction of sp³-hybridized carbons (Fsp3) is 0.818. The third-order valence-corrected chi connectivity index (χ3v) is 3.91. The van der Waals surface area contributed by atoms with E-state index in [1.54, 1.807) is 20.8 Å². The second-order valence-electron chi connectivity index (χ2n) is 5.53. The summed E-state index contributed by atoms with van der Waals surface area (Å²) in [6, 6.07) is 0. The minimum absolute atomic E-state index is 0.220. The van der Waals surface area contributed by atoms with E-state index < -0.39 is 31.4 Å². The van der Waals surface area contributed by atoms with Crippen molar-refractivity contribution in [3.8, 4) is 0 Å². The van der Waals surface area contributed by atoms with Crippen molar-refractivity contribution in [1.82, 2.24) is 4.90 Å². The molecule has 1 amide bonds. The van der Waals surface area contributed by atoms with Crippen molar-refractivity contribution in [3.63, 3.8) is 0 Å². The smallest absolute Gasteiger partial charge is 0.410 e. The van der Waals surface area contributed by atoms with Gasteiger partial charge in [-0.3, -0.25) is 9.36 Å². The van der Waals surface area contributed by atoms with Gasteiger partial charge in [-0.05, 0) is 20.8 Å². The van der Waals surface area contributed by atoms with Gasteiger partial charge in [-0.25, -0.2) is 4.79 Å². The van der Waals surface area contributed by atoms with Crippen LogP contribution in [0.1, 0.15) is 20.8 Å². The van der Waals surface area contributed by atoms with Gasteiger partial charge in [-0.15, -0.1) is 0 Å². The van der Waals surface area contributed by atoms with Gasteiger partial charge in [0.25, 0.3) is 0 Å². The zero-order chi connectivity index (χ0) is 14.8. The maximum absolute atomic E-state index is 11.7. The molecule has 0 saturated carbocycles. The molecule has 1 rings (SSSR count). The van der Waals surface area contributed by atoms with E-state index >= 15 is 0 Å². The molecule has 0 spiro atoms. The normalized spacial score (nSPS) is 19.5. The van der Waals surface area contributed by atoms with Crippen LogP contribution in [-0.4, -0.2) is 53.6 Å². The van der Waals surface area contributed by atoms with Gasteiger partial charge in [0.05, 0.1) is 5.92 Å². The average molecular weight is 293 g/mol. The topological polar surface area (TPSA) is 93.1 Å². The first-order chi connectivity index (χ1) is 8.54. The molecule has 1 atom stereocenters. The summed E-state index contributed by atoms with van der Waals surface area (Å²) in [5.41, 5.74) is -0.580. The van der Waals surface area contributed by atoms with Crippen molar-refractivity contribution in [1.29, 1.82) is 0 Å². The molecule has 0 aromatic heterocycles. The Morgan fingerprint density at radius 2 is 1.89 bits per heavy atom. The lowest BCUT2D eigenvalue weighted by Gasteiger charge is -2.38. The van der Waals surface area contributed by atoms with Crippen LogP contribution in [0.3, 0.4) is 0 Å². The van der Waals surface area contributed by atoms with E-state index in [9.17, 15) is 19.0 Å². The van der Waals surface area contributed by atoms with Crippen molar-refractivity contribution < 1.29 is 28.3 Å². The first kappa shape index (κ1) is 16.1. The fourth-order valence-electron chi connectivity index (χ4n) is 1.55. The number of ether oxygens (including phenoxy) is 1. The number of amides is 1.